The van der Waals surface area contributed by atoms with Crippen molar-refractivity contribution in [2.24, 2.45) is 34.4 Å². The zero-order valence-corrected chi connectivity index (χ0v) is 30.9. The lowest BCUT2D eigenvalue weighted by atomic mass is 9.82. The number of alkyl halides is 3. The number of hydrogen-bond donors (Lipinski definition) is 3. The Morgan fingerprint density at radius 2 is 1.67 bits per heavy atom. The summed E-state index contributed by atoms with van der Waals surface area (Å²) in [5, 5.41) is 4.96. The second-order valence-corrected chi connectivity index (χ2v) is 14.9. The fourth-order valence-electron chi connectivity index (χ4n) is 6.16. The minimum atomic E-state index is -4.52. The van der Waals surface area contributed by atoms with Gasteiger partial charge in [-0.25, -0.2) is 19.0 Å². The maximum absolute atomic E-state index is 15.9. The summed E-state index contributed by atoms with van der Waals surface area (Å²) in [6.45, 7) is 7.29. The van der Waals surface area contributed by atoms with E-state index < -0.39 is 96.9 Å². The molecule has 0 spiro atoms. The summed E-state index contributed by atoms with van der Waals surface area (Å²) in [7, 11) is 0. The van der Waals surface area contributed by atoms with Crippen LogP contribution in [0.3, 0.4) is 0 Å². The fourth-order valence-corrected chi connectivity index (χ4v) is 6.16. The van der Waals surface area contributed by atoms with Crippen molar-refractivity contribution in [2.75, 3.05) is 11.6 Å². The number of nitrogens with two attached hydrogens (primary N) is 1. The summed E-state index contributed by atoms with van der Waals surface area (Å²) >= 11 is 0. The highest BCUT2D eigenvalue weighted by atomic mass is 19.4. The van der Waals surface area contributed by atoms with Crippen molar-refractivity contribution in [1.29, 1.82) is 0 Å². The first-order valence-corrected chi connectivity index (χ1v) is 17.8. The van der Waals surface area contributed by atoms with Gasteiger partial charge in [0.15, 0.2) is 6.73 Å². The van der Waals surface area contributed by atoms with E-state index in [-0.39, 0.29) is 35.7 Å². The zero-order chi connectivity index (χ0) is 40.0. The Bertz CT molecular complexity index is 1720. The molecule has 0 saturated heterocycles. The first-order valence-electron chi connectivity index (χ1n) is 17.8. The van der Waals surface area contributed by atoms with Crippen LogP contribution in [-0.2, 0) is 28.7 Å². The molecule has 294 valence electrons. The number of anilines is 1. The van der Waals surface area contributed by atoms with Gasteiger partial charge in [0.05, 0.1) is 11.4 Å². The quantitative estimate of drug-likeness (QED) is 0.153. The van der Waals surface area contributed by atoms with Crippen molar-refractivity contribution in [1.82, 2.24) is 10.6 Å². The number of rotatable bonds is 15. The lowest BCUT2D eigenvalue weighted by Gasteiger charge is -2.29. The number of ether oxygens (including phenoxy) is 2. The molecule has 1 heterocycles. The van der Waals surface area contributed by atoms with E-state index in [1.165, 1.54) is 12.1 Å². The van der Waals surface area contributed by atoms with Gasteiger partial charge in [-0.3, -0.25) is 19.3 Å². The van der Waals surface area contributed by atoms with Gasteiger partial charge in [0.2, 0.25) is 18.0 Å². The Morgan fingerprint density at radius 3 is 2.24 bits per heavy atom. The van der Waals surface area contributed by atoms with E-state index >= 15 is 4.39 Å². The standard InChI is InChI=1S/C38H47F4N5O7/c1-21(2)28(45-36(52)54-37(3,4)5)35(51)53-20-47-30-25(13-9-15-27(30)39)29(23-11-7-6-8-12-23)44-32(34(47)50)46-33(49)24(14-10-18-38(40,41)42)26(31(43)48)19-22-16-17-22/h6-9,11-13,15,21-22,24,26,28,32H,10,14,16-20H2,1-5H3,(H2,43,48)(H,45,52)(H,46,49). The molecule has 2 aromatic rings. The lowest BCUT2D eigenvalue weighted by Crippen LogP contribution is -2.52. The molecule has 4 rings (SSSR count). The van der Waals surface area contributed by atoms with Crippen molar-refractivity contribution in [2.45, 2.75) is 97.1 Å². The molecule has 2 aromatic carbocycles. The van der Waals surface area contributed by atoms with E-state index in [1.807, 2.05) is 0 Å². The molecule has 2 aliphatic rings. The maximum atomic E-state index is 15.9. The Hall–Kier alpha value is -5.02. The Morgan fingerprint density at radius 1 is 1.00 bits per heavy atom. The van der Waals surface area contributed by atoms with E-state index in [1.54, 1.807) is 65.0 Å². The number of nitrogens with zero attached hydrogens (tertiary/aromatic N) is 2. The number of hydrogen-bond acceptors (Lipinski definition) is 8. The van der Waals surface area contributed by atoms with Crippen LogP contribution < -0.4 is 21.3 Å². The summed E-state index contributed by atoms with van der Waals surface area (Å²) in [5.41, 5.74) is 5.07. The highest BCUT2D eigenvalue weighted by Crippen LogP contribution is 2.39. The smallest absolute Gasteiger partial charge is 0.408 e. The molecule has 1 saturated carbocycles. The summed E-state index contributed by atoms with van der Waals surface area (Å²) < 4.78 is 66.2. The summed E-state index contributed by atoms with van der Waals surface area (Å²) in [6.07, 6.45) is -7.56. The molecule has 0 radical (unpaired) electrons. The van der Waals surface area contributed by atoms with Crippen LogP contribution in [0.5, 0.6) is 0 Å². The number of para-hydroxylation sites is 1. The number of alkyl carbamates (subject to hydrolysis) is 1. The molecule has 12 nitrogen and oxygen atoms in total. The first kappa shape index (κ1) is 41.7. The fraction of sp³-hybridized carbons (Fsp3) is 0.526. The van der Waals surface area contributed by atoms with Gasteiger partial charge in [-0.2, -0.15) is 13.2 Å². The SMILES string of the molecule is CC(C)C(NC(=O)OC(C)(C)C)C(=O)OCN1C(=O)C(NC(=O)C(CCCC(F)(F)F)C(CC2CC2)C(N)=O)N=C(c2ccccc2)c2cccc(F)c21. The minimum Gasteiger partial charge on any atom is -0.444 e. The van der Waals surface area contributed by atoms with Gasteiger partial charge in [-0.05, 0) is 57.9 Å². The van der Waals surface area contributed by atoms with E-state index in [0.29, 0.717) is 5.56 Å². The molecule has 0 bridgehead atoms. The van der Waals surface area contributed by atoms with Gasteiger partial charge in [0.25, 0.3) is 5.91 Å². The number of halogens is 4. The molecule has 1 fully saturated rings. The predicted molar refractivity (Wildman–Crippen MR) is 190 cm³/mol. The normalized spacial score (nSPS) is 17.7. The molecule has 54 heavy (non-hydrogen) atoms. The number of nitrogens with one attached hydrogen (secondary N) is 2. The van der Waals surface area contributed by atoms with Crippen molar-refractivity contribution < 1.29 is 51.0 Å². The number of benzene rings is 2. The van der Waals surface area contributed by atoms with E-state index in [4.69, 9.17) is 15.2 Å². The van der Waals surface area contributed by atoms with Crippen LogP contribution in [0.1, 0.15) is 84.3 Å². The number of fused-ring (bicyclic) bond motifs is 1. The van der Waals surface area contributed by atoms with Gasteiger partial charge < -0.3 is 25.8 Å². The molecule has 16 heteroatoms. The largest absolute Gasteiger partial charge is 0.444 e. The molecule has 1 aliphatic carbocycles. The highest BCUT2D eigenvalue weighted by Gasteiger charge is 2.41. The van der Waals surface area contributed by atoms with E-state index in [2.05, 4.69) is 15.6 Å². The van der Waals surface area contributed by atoms with Crippen molar-refractivity contribution in [3.63, 3.8) is 0 Å². The maximum Gasteiger partial charge on any atom is 0.408 e. The van der Waals surface area contributed by atoms with Gasteiger partial charge >= 0.3 is 18.2 Å². The molecule has 0 aromatic heterocycles. The topological polar surface area (TPSA) is 169 Å². The third kappa shape index (κ3) is 11.5. The van der Waals surface area contributed by atoms with Crippen LogP contribution in [0, 0.1) is 29.5 Å². The Kier molecular flexibility index (Phi) is 13.5. The van der Waals surface area contributed by atoms with Crippen molar-refractivity contribution in [3.05, 3.63) is 65.5 Å². The van der Waals surface area contributed by atoms with E-state index in [0.717, 1.165) is 23.8 Å². The Balaban J connectivity index is 1.72. The van der Waals surface area contributed by atoms with Crippen LogP contribution in [0.15, 0.2) is 53.5 Å². The monoisotopic (exact) mass is 761 g/mol. The van der Waals surface area contributed by atoms with E-state index in [9.17, 15) is 37.1 Å². The number of carbonyl (C=O) groups is 5. The van der Waals surface area contributed by atoms with Gasteiger partial charge in [-0.1, -0.05) is 69.2 Å². The van der Waals surface area contributed by atoms with Gasteiger partial charge in [-0.15, -0.1) is 0 Å². The molecule has 4 amide bonds. The number of amides is 4. The molecular weight excluding hydrogens is 714 g/mol. The first-order chi connectivity index (χ1) is 25.3. The third-order valence-corrected chi connectivity index (χ3v) is 8.97. The second kappa shape index (κ2) is 17.4. The van der Waals surface area contributed by atoms with Crippen LogP contribution in [0.2, 0.25) is 0 Å². The molecule has 4 N–H and O–H groups in total. The molecular formula is C38H47F4N5O7. The second-order valence-electron chi connectivity index (χ2n) is 14.9. The third-order valence-electron chi connectivity index (χ3n) is 8.97. The van der Waals surface area contributed by atoms with Crippen LogP contribution in [0.4, 0.5) is 28.0 Å². The summed E-state index contributed by atoms with van der Waals surface area (Å²) in [6, 6.07) is 11.0. The summed E-state index contributed by atoms with van der Waals surface area (Å²) in [4.78, 5) is 72.4. The van der Waals surface area contributed by atoms with Gasteiger partial charge in [0, 0.05) is 29.4 Å². The molecule has 4 atom stereocenters. The number of primary amides is 1. The number of esters is 1. The van der Waals surface area contributed by atoms with Crippen LogP contribution >= 0.6 is 0 Å². The molecule has 1 aliphatic heterocycles. The van der Waals surface area contributed by atoms with Crippen LogP contribution in [-0.4, -0.2) is 66.2 Å². The predicted octanol–water partition coefficient (Wildman–Crippen LogP) is 5.75. The number of carbonyl (C=O) groups excluding carboxylic acids is 5. The van der Waals surface area contributed by atoms with Crippen LogP contribution in [0.25, 0.3) is 0 Å². The van der Waals surface area contributed by atoms with Gasteiger partial charge in [0.1, 0.15) is 17.5 Å². The van der Waals surface area contributed by atoms with Crippen molar-refractivity contribution >= 4 is 41.2 Å². The highest BCUT2D eigenvalue weighted by molar-refractivity contribution is 6.20. The lowest BCUT2D eigenvalue weighted by molar-refractivity contribution is -0.148. The average Bonchev–Trinajstić information content (AvgIpc) is 3.91. The average molecular weight is 762 g/mol. The Labute approximate surface area is 311 Å². The number of benzodiazepines with no additional fused rings is 1. The summed E-state index contributed by atoms with van der Waals surface area (Å²) in [5.74, 6) is -7.65. The number of aliphatic imine (C=N–C) groups is 1. The van der Waals surface area contributed by atoms with Crippen molar-refractivity contribution in [3.8, 4) is 0 Å². The minimum absolute atomic E-state index is 0.0716. The zero-order valence-electron chi connectivity index (χ0n) is 30.9. The molecule has 4 unspecified atom stereocenters.